The number of carbonyl (C=O) groups excluding carboxylic acids is 1. The predicted molar refractivity (Wildman–Crippen MR) is 87.3 cm³/mol. The van der Waals surface area contributed by atoms with E-state index in [2.05, 4.69) is 18.3 Å². The van der Waals surface area contributed by atoms with Crippen molar-refractivity contribution in [3.63, 3.8) is 0 Å². The summed E-state index contributed by atoms with van der Waals surface area (Å²) in [5.41, 5.74) is 5.15. The number of hydrogen-bond acceptors (Lipinski definition) is 3. The third-order valence-corrected chi connectivity index (χ3v) is 4.72. The summed E-state index contributed by atoms with van der Waals surface area (Å²) in [6.07, 6.45) is 3.31. The topological polar surface area (TPSA) is 47.3 Å². The maximum absolute atomic E-state index is 12.7. The molecule has 1 fully saturated rings. The molecular formula is C19H17N3O. The first kappa shape index (κ1) is 13.8. The first-order valence-electron chi connectivity index (χ1n) is 7.92. The standard InChI is InChI=1S/C19H17N3O/c20-13-21-11-14-5-3-8-16(18(14)12-21)15-6-1-2-7-17(15)19(23)22-9-4-10-22/h1-3,5-8H,4,9-12H2. The van der Waals surface area contributed by atoms with Crippen LogP contribution in [0.25, 0.3) is 11.1 Å². The molecule has 1 saturated heterocycles. The van der Waals surface area contributed by atoms with Crippen LogP contribution in [-0.4, -0.2) is 28.8 Å². The van der Waals surface area contributed by atoms with Crippen molar-refractivity contribution in [2.45, 2.75) is 19.5 Å². The van der Waals surface area contributed by atoms with Crippen LogP contribution in [0.15, 0.2) is 42.5 Å². The van der Waals surface area contributed by atoms with Crippen molar-refractivity contribution >= 4 is 5.91 Å². The summed E-state index contributed by atoms with van der Waals surface area (Å²) in [5.74, 6) is 0.111. The molecule has 1 amide bonds. The number of carbonyl (C=O) groups is 1. The molecule has 4 heteroatoms. The van der Waals surface area contributed by atoms with Crippen LogP contribution in [0.4, 0.5) is 0 Å². The van der Waals surface area contributed by atoms with Gasteiger partial charge >= 0.3 is 0 Å². The Kier molecular flexibility index (Phi) is 3.27. The van der Waals surface area contributed by atoms with Crippen LogP contribution in [0.3, 0.4) is 0 Å². The Morgan fingerprint density at radius 2 is 1.78 bits per heavy atom. The summed E-state index contributed by atoms with van der Waals surface area (Å²) in [4.78, 5) is 16.3. The van der Waals surface area contributed by atoms with E-state index in [1.807, 2.05) is 35.2 Å². The SMILES string of the molecule is N#CN1Cc2cccc(-c3ccccc3C(=O)N3CCC3)c2C1. The van der Waals surface area contributed by atoms with E-state index in [1.54, 1.807) is 4.90 Å². The molecule has 0 aliphatic carbocycles. The van der Waals surface area contributed by atoms with Crippen molar-refractivity contribution in [1.29, 1.82) is 5.26 Å². The van der Waals surface area contributed by atoms with E-state index in [0.29, 0.717) is 13.1 Å². The molecule has 0 N–H and O–H groups in total. The number of nitriles is 1. The zero-order valence-corrected chi connectivity index (χ0v) is 12.8. The second-order valence-corrected chi connectivity index (χ2v) is 6.09. The van der Waals surface area contributed by atoms with Gasteiger partial charge in [-0.2, -0.15) is 5.26 Å². The predicted octanol–water partition coefficient (Wildman–Crippen LogP) is 3.00. The molecule has 0 unspecified atom stereocenters. The molecule has 0 atom stereocenters. The van der Waals surface area contributed by atoms with Crippen molar-refractivity contribution in [3.05, 3.63) is 59.2 Å². The summed E-state index contributed by atoms with van der Waals surface area (Å²) < 4.78 is 0. The van der Waals surface area contributed by atoms with Gasteiger partial charge in [0, 0.05) is 18.7 Å². The summed E-state index contributed by atoms with van der Waals surface area (Å²) in [6, 6.07) is 13.9. The molecule has 0 radical (unpaired) electrons. The highest BCUT2D eigenvalue weighted by atomic mass is 16.2. The lowest BCUT2D eigenvalue weighted by atomic mass is 9.92. The average Bonchev–Trinajstić information content (AvgIpc) is 2.96. The number of rotatable bonds is 2. The molecule has 2 aliphatic heterocycles. The second kappa shape index (κ2) is 5.44. The van der Waals surface area contributed by atoms with Gasteiger partial charge in [0.1, 0.15) is 0 Å². The van der Waals surface area contributed by atoms with Gasteiger partial charge in [-0.15, -0.1) is 0 Å². The van der Waals surface area contributed by atoms with Crippen LogP contribution in [0.2, 0.25) is 0 Å². The smallest absolute Gasteiger partial charge is 0.254 e. The molecule has 23 heavy (non-hydrogen) atoms. The van der Waals surface area contributed by atoms with Crippen molar-refractivity contribution < 1.29 is 4.79 Å². The van der Waals surface area contributed by atoms with Crippen LogP contribution in [0, 0.1) is 11.5 Å². The van der Waals surface area contributed by atoms with E-state index >= 15 is 0 Å². The number of fused-ring (bicyclic) bond motifs is 1. The Labute approximate surface area is 135 Å². The fourth-order valence-electron chi connectivity index (χ4n) is 3.34. The van der Waals surface area contributed by atoms with Crippen LogP contribution < -0.4 is 0 Å². The molecule has 0 spiro atoms. The lowest BCUT2D eigenvalue weighted by molar-refractivity contribution is 0.0652. The Morgan fingerprint density at radius 3 is 2.52 bits per heavy atom. The molecule has 2 aromatic carbocycles. The summed E-state index contributed by atoms with van der Waals surface area (Å²) in [5, 5.41) is 9.17. The molecule has 2 aromatic rings. The third kappa shape index (κ3) is 2.25. The van der Waals surface area contributed by atoms with Crippen molar-refractivity contribution in [2.24, 2.45) is 0 Å². The van der Waals surface area contributed by atoms with Gasteiger partial charge in [0.05, 0.1) is 13.1 Å². The van der Waals surface area contributed by atoms with Gasteiger partial charge in [-0.25, -0.2) is 0 Å². The molecule has 114 valence electrons. The van der Waals surface area contributed by atoms with E-state index in [-0.39, 0.29) is 5.91 Å². The second-order valence-electron chi connectivity index (χ2n) is 6.09. The Balaban J connectivity index is 1.80. The normalized spacial score (nSPS) is 15.8. The molecule has 4 rings (SSSR count). The van der Waals surface area contributed by atoms with E-state index in [0.717, 1.165) is 41.8 Å². The van der Waals surface area contributed by atoms with Crippen molar-refractivity contribution in [1.82, 2.24) is 9.80 Å². The summed E-state index contributed by atoms with van der Waals surface area (Å²) in [7, 11) is 0. The largest absolute Gasteiger partial charge is 0.338 e. The zero-order valence-electron chi connectivity index (χ0n) is 12.8. The number of benzene rings is 2. The van der Waals surface area contributed by atoms with Crippen LogP contribution in [0.1, 0.15) is 27.9 Å². The van der Waals surface area contributed by atoms with Crippen molar-refractivity contribution in [3.8, 4) is 17.3 Å². The summed E-state index contributed by atoms with van der Waals surface area (Å²) >= 11 is 0. The minimum atomic E-state index is 0.111. The number of hydrogen-bond donors (Lipinski definition) is 0. The van der Waals surface area contributed by atoms with Gasteiger partial charge < -0.3 is 9.80 Å². The number of amides is 1. The minimum absolute atomic E-state index is 0.111. The first-order valence-corrected chi connectivity index (χ1v) is 7.92. The van der Waals surface area contributed by atoms with Gasteiger partial charge in [-0.05, 0) is 34.7 Å². The maximum Gasteiger partial charge on any atom is 0.254 e. The van der Waals surface area contributed by atoms with Crippen molar-refractivity contribution in [2.75, 3.05) is 13.1 Å². The molecule has 4 nitrogen and oxygen atoms in total. The lowest BCUT2D eigenvalue weighted by Gasteiger charge is -2.31. The van der Waals surface area contributed by atoms with Crippen LogP contribution in [0.5, 0.6) is 0 Å². The maximum atomic E-state index is 12.7. The third-order valence-electron chi connectivity index (χ3n) is 4.72. The average molecular weight is 303 g/mol. The highest BCUT2D eigenvalue weighted by Crippen LogP contribution is 2.34. The molecule has 2 aliphatic rings. The van der Waals surface area contributed by atoms with E-state index < -0.39 is 0 Å². The summed E-state index contributed by atoms with van der Waals surface area (Å²) in [6.45, 7) is 2.97. The monoisotopic (exact) mass is 303 g/mol. The lowest BCUT2D eigenvalue weighted by Crippen LogP contribution is -2.42. The highest BCUT2D eigenvalue weighted by molar-refractivity contribution is 6.01. The van der Waals surface area contributed by atoms with E-state index in [4.69, 9.17) is 5.26 Å². The fourth-order valence-corrected chi connectivity index (χ4v) is 3.34. The minimum Gasteiger partial charge on any atom is -0.338 e. The fraction of sp³-hybridized carbons (Fsp3) is 0.263. The van der Waals surface area contributed by atoms with Gasteiger partial charge in [-0.1, -0.05) is 36.4 Å². The molecule has 0 saturated carbocycles. The number of nitrogens with zero attached hydrogens (tertiary/aromatic N) is 3. The van der Waals surface area contributed by atoms with Gasteiger partial charge in [-0.3, -0.25) is 4.79 Å². The van der Waals surface area contributed by atoms with Gasteiger partial charge in [0.2, 0.25) is 0 Å². The highest BCUT2D eigenvalue weighted by Gasteiger charge is 2.26. The molecular weight excluding hydrogens is 286 g/mol. The molecule has 0 bridgehead atoms. The Morgan fingerprint density at radius 1 is 1.00 bits per heavy atom. The van der Waals surface area contributed by atoms with Gasteiger partial charge in [0.25, 0.3) is 5.91 Å². The molecule has 2 heterocycles. The zero-order chi connectivity index (χ0) is 15.8. The van der Waals surface area contributed by atoms with Crippen LogP contribution in [-0.2, 0) is 13.1 Å². The van der Waals surface area contributed by atoms with E-state index in [9.17, 15) is 4.79 Å². The Hall–Kier alpha value is -2.80. The Bertz CT molecular complexity index is 818. The quantitative estimate of drug-likeness (QED) is 0.801. The van der Waals surface area contributed by atoms with Gasteiger partial charge in [0.15, 0.2) is 6.19 Å². The number of likely N-dealkylation sites (tertiary alicyclic amines) is 1. The van der Waals surface area contributed by atoms with E-state index in [1.165, 1.54) is 5.56 Å². The van der Waals surface area contributed by atoms with Crippen LogP contribution >= 0.6 is 0 Å². The molecule has 0 aromatic heterocycles. The first-order chi connectivity index (χ1) is 11.3.